The Bertz CT molecular complexity index is 747. The Morgan fingerprint density at radius 3 is 2.65 bits per heavy atom. The van der Waals surface area contributed by atoms with Gasteiger partial charge in [0, 0.05) is 12.7 Å². The Kier molecular flexibility index (Phi) is 5.02. The van der Waals surface area contributed by atoms with Crippen LogP contribution in [-0.4, -0.2) is 28.8 Å². The molecule has 2 N–H and O–H groups in total. The van der Waals surface area contributed by atoms with Crippen LogP contribution in [0.2, 0.25) is 0 Å². The molecule has 0 spiro atoms. The molecule has 6 heteroatoms. The molecule has 2 atom stereocenters. The Hall–Kier alpha value is -2.21. The van der Waals surface area contributed by atoms with Crippen molar-refractivity contribution >= 4 is 5.91 Å². The molecule has 1 saturated carbocycles. The first-order valence-corrected chi connectivity index (χ1v) is 9.53. The van der Waals surface area contributed by atoms with Crippen LogP contribution in [0, 0.1) is 11.7 Å². The predicted octanol–water partition coefficient (Wildman–Crippen LogP) is 3.22. The smallest absolute Gasteiger partial charge is 0.272 e. The van der Waals surface area contributed by atoms with Gasteiger partial charge in [0.05, 0.1) is 12.1 Å². The third-order valence-corrected chi connectivity index (χ3v) is 5.62. The second-order valence-electron chi connectivity index (χ2n) is 7.37. The Morgan fingerprint density at radius 2 is 2.00 bits per heavy atom. The van der Waals surface area contributed by atoms with Gasteiger partial charge in [-0.15, -0.1) is 0 Å². The van der Waals surface area contributed by atoms with E-state index in [1.807, 2.05) is 10.9 Å². The zero-order valence-corrected chi connectivity index (χ0v) is 14.8. The first-order chi connectivity index (χ1) is 12.7. The van der Waals surface area contributed by atoms with E-state index in [2.05, 4.69) is 15.7 Å². The number of piperidine rings is 1. The number of carbonyl (C=O) groups excluding carboxylic acids is 1. The van der Waals surface area contributed by atoms with Gasteiger partial charge in [0.2, 0.25) is 0 Å². The van der Waals surface area contributed by atoms with Crippen molar-refractivity contribution in [2.75, 3.05) is 13.1 Å². The maximum absolute atomic E-state index is 13.2. The van der Waals surface area contributed by atoms with E-state index in [0.717, 1.165) is 44.3 Å². The summed E-state index contributed by atoms with van der Waals surface area (Å²) in [5.74, 6) is -0.00458. The van der Waals surface area contributed by atoms with Gasteiger partial charge >= 0.3 is 0 Å². The maximum atomic E-state index is 13.2. The lowest BCUT2D eigenvalue weighted by molar-refractivity contribution is 0.0894. The summed E-state index contributed by atoms with van der Waals surface area (Å²) in [5.41, 5.74) is 1.40. The molecule has 2 aromatic rings. The van der Waals surface area contributed by atoms with Crippen molar-refractivity contribution in [2.24, 2.45) is 5.92 Å². The fourth-order valence-corrected chi connectivity index (χ4v) is 3.85. The number of nitrogens with zero attached hydrogens (tertiary/aromatic N) is 2. The number of nitrogens with one attached hydrogen (secondary N) is 2. The highest BCUT2D eigenvalue weighted by Crippen LogP contribution is 2.37. The second-order valence-corrected chi connectivity index (χ2v) is 7.37. The van der Waals surface area contributed by atoms with Crippen LogP contribution in [0.15, 0.2) is 36.5 Å². The monoisotopic (exact) mass is 356 g/mol. The van der Waals surface area contributed by atoms with Gasteiger partial charge in [-0.2, -0.15) is 5.10 Å². The molecule has 4 rings (SSSR count). The third kappa shape index (κ3) is 3.65. The minimum absolute atomic E-state index is 0.0849. The van der Waals surface area contributed by atoms with Gasteiger partial charge in [-0.1, -0.05) is 18.6 Å². The number of aromatic nitrogens is 2. The summed E-state index contributed by atoms with van der Waals surface area (Å²) in [6.45, 7) is 1.94. The molecule has 1 aromatic carbocycles. The zero-order chi connectivity index (χ0) is 17.9. The normalized spacial score (nSPS) is 21.8. The van der Waals surface area contributed by atoms with Gasteiger partial charge in [-0.3, -0.25) is 9.48 Å². The summed E-state index contributed by atoms with van der Waals surface area (Å²) >= 11 is 0. The molecule has 1 amide bonds. The van der Waals surface area contributed by atoms with E-state index in [9.17, 15) is 9.18 Å². The molecule has 0 bridgehead atoms. The van der Waals surface area contributed by atoms with E-state index in [1.54, 1.807) is 18.2 Å². The SMILES string of the molecule is O=C(NC(c1ccc(F)cc1)C1CCC1)c1ccn(C2CCCNC2)n1. The van der Waals surface area contributed by atoms with Crippen LogP contribution in [0.5, 0.6) is 0 Å². The quantitative estimate of drug-likeness (QED) is 0.865. The number of rotatable bonds is 5. The van der Waals surface area contributed by atoms with E-state index < -0.39 is 0 Å². The number of halogens is 1. The molecule has 26 heavy (non-hydrogen) atoms. The Morgan fingerprint density at radius 1 is 1.19 bits per heavy atom. The fraction of sp³-hybridized carbons (Fsp3) is 0.500. The standard InChI is InChI=1S/C20H25FN4O/c21-16-8-6-15(7-9-16)19(14-3-1-4-14)23-20(26)18-10-12-25(24-18)17-5-2-11-22-13-17/h6-10,12,14,17,19,22H,1-5,11,13H2,(H,23,26). The molecule has 5 nitrogen and oxygen atoms in total. The highest BCUT2D eigenvalue weighted by Gasteiger charge is 2.30. The van der Waals surface area contributed by atoms with Crippen molar-refractivity contribution in [3.05, 3.63) is 53.6 Å². The molecule has 2 unspecified atom stereocenters. The minimum atomic E-state index is -0.257. The van der Waals surface area contributed by atoms with Crippen molar-refractivity contribution in [1.82, 2.24) is 20.4 Å². The van der Waals surface area contributed by atoms with Crippen LogP contribution in [0.4, 0.5) is 4.39 Å². The highest BCUT2D eigenvalue weighted by atomic mass is 19.1. The topological polar surface area (TPSA) is 59.0 Å². The number of hydrogen-bond donors (Lipinski definition) is 2. The lowest BCUT2D eigenvalue weighted by Gasteiger charge is -2.34. The zero-order valence-electron chi connectivity index (χ0n) is 14.8. The summed E-state index contributed by atoms with van der Waals surface area (Å²) in [5, 5.41) is 11.0. The van der Waals surface area contributed by atoms with Crippen LogP contribution in [0.25, 0.3) is 0 Å². The Labute approximate surface area is 153 Å². The molecule has 0 radical (unpaired) electrons. The van der Waals surface area contributed by atoms with Crippen molar-refractivity contribution < 1.29 is 9.18 Å². The second kappa shape index (κ2) is 7.58. The summed E-state index contributed by atoms with van der Waals surface area (Å²) in [6, 6.07) is 8.46. The Balaban J connectivity index is 1.47. The first-order valence-electron chi connectivity index (χ1n) is 9.53. The van der Waals surface area contributed by atoms with Crippen LogP contribution in [-0.2, 0) is 0 Å². The molecular weight excluding hydrogens is 331 g/mol. The third-order valence-electron chi connectivity index (χ3n) is 5.62. The molecule has 2 fully saturated rings. The van der Waals surface area contributed by atoms with Crippen LogP contribution in [0.1, 0.15) is 60.2 Å². The lowest BCUT2D eigenvalue weighted by Crippen LogP contribution is -2.36. The van der Waals surface area contributed by atoms with Gasteiger partial charge in [-0.05, 0) is 61.9 Å². The van der Waals surface area contributed by atoms with E-state index in [4.69, 9.17) is 0 Å². The summed E-state index contributed by atoms with van der Waals surface area (Å²) in [7, 11) is 0. The number of benzene rings is 1. The average molecular weight is 356 g/mol. The minimum Gasteiger partial charge on any atom is -0.344 e. The highest BCUT2D eigenvalue weighted by molar-refractivity contribution is 5.92. The van der Waals surface area contributed by atoms with Crippen molar-refractivity contribution in [1.29, 1.82) is 0 Å². The predicted molar refractivity (Wildman–Crippen MR) is 97.3 cm³/mol. The van der Waals surface area contributed by atoms with Gasteiger partial charge in [-0.25, -0.2) is 4.39 Å². The summed E-state index contributed by atoms with van der Waals surface area (Å²) in [6.07, 6.45) is 7.45. The average Bonchev–Trinajstić information content (AvgIpc) is 3.11. The molecule has 1 aliphatic heterocycles. The lowest BCUT2D eigenvalue weighted by atomic mass is 9.77. The van der Waals surface area contributed by atoms with Gasteiger partial charge < -0.3 is 10.6 Å². The molecule has 1 saturated heterocycles. The molecule has 138 valence electrons. The number of hydrogen-bond acceptors (Lipinski definition) is 3. The molecular formula is C20H25FN4O. The number of amides is 1. The van der Waals surface area contributed by atoms with Crippen LogP contribution < -0.4 is 10.6 Å². The van der Waals surface area contributed by atoms with E-state index >= 15 is 0 Å². The largest absolute Gasteiger partial charge is 0.344 e. The molecule has 2 aliphatic rings. The molecule has 1 aromatic heterocycles. The maximum Gasteiger partial charge on any atom is 0.272 e. The van der Waals surface area contributed by atoms with Gasteiger partial charge in [0.1, 0.15) is 11.5 Å². The van der Waals surface area contributed by atoms with Crippen LogP contribution >= 0.6 is 0 Å². The summed E-state index contributed by atoms with van der Waals surface area (Å²) < 4.78 is 15.1. The molecule has 2 heterocycles. The van der Waals surface area contributed by atoms with E-state index in [0.29, 0.717) is 17.7 Å². The van der Waals surface area contributed by atoms with E-state index in [1.165, 1.54) is 18.6 Å². The van der Waals surface area contributed by atoms with Crippen molar-refractivity contribution in [3.63, 3.8) is 0 Å². The van der Waals surface area contributed by atoms with Gasteiger partial charge in [0.15, 0.2) is 0 Å². The fourth-order valence-electron chi connectivity index (χ4n) is 3.85. The van der Waals surface area contributed by atoms with Gasteiger partial charge in [0.25, 0.3) is 5.91 Å². The summed E-state index contributed by atoms with van der Waals surface area (Å²) in [4.78, 5) is 12.8. The van der Waals surface area contributed by atoms with Crippen molar-refractivity contribution in [2.45, 2.75) is 44.2 Å². The number of carbonyl (C=O) groups is 1. The van der Waals surface area contributed by atoms with Crippen LogP contribution in [0.3, 0.4) is 0 Å². The van der Waals surface area contributed by atoms with E-state index in [-0.39, 0.29) is 17.8 Å². The van der Waals surface area contributed by atoms with Crippen molar-refractivity contribution in [3.8, 4) is 0 Å². The first kappa shape index (κ1) is 17.2. The molecule has 1 aliphatic carbocycles.